The maximum atomic E-state index is 11.6. The van der Waals surface area contributed by atoms with Crippen LogP contribution in [0.1, 0.15) is 41.2 Å². The Hall–Kier alpha value is -1.65. The number of carbonyl (C=O) groups is 1. The lowest BCUT2D eigenvalue weighted by atomic mass is 9.81. The van der Waals surface area contributed by atoms with E-state index in [0.717, 1.165) is 19.3 Å². The molecule has 1 aromatic rings. The first-order chi connectivity index (χ1) is 7.11. The minimum Gasteiger partial charge on any atom is -0.477 e. The third-order valence-electron chi connectivity index (χ3n) is 2.87. The van der Waals surface area contributed by atoms with Crippen LogP contribution < -0.4 is 5.56 Å². The largest absolute Gasteiger partial charge is 0.477 e. The lowest BCUT2D eigenvalue weighted by molar-refractivity contribution is 0.0690. The van der Waals surface area contributed by atoms with Gasteiger partial charge in [0.15, 0.2) is 0 Å². The molecular weight excluding hydrogens is 196 g/mol. The third-order valence-corrected chi connectivity index (χ3v) is 2.87. The van der Waals surface area contributed by atoms with Gasteiger partial charge in [-0.05, 0) is 12.8 Å². The molecule has 2 rings (SSSR count). The van der Waals surface area contributed by atoms with E-state index in [1.54, 1.807) is 0 Å². The van der Waals surface area contributed by atoms with E-state index in [2.05, 4.69) is 4.98 Å². The van der Waals surface area contributed by atoms with Crippen LogP contribution >= 0.6 is 0 Å². The second-order valence-corrected chi connectivity index (χ2v) is 3.85. The summed E-state index contributed by atoms with van der Waals surface area (Å²) in [6, 6.07) is 0. The van der Waals surface area contributed by atoms with Crippen molar-refractivity contribution in [1.82, 2.24) is 9.55 Å². The fourth-order valence-corrected chi connectivity index (χ4v) is 1.74. The zero-order valence-electron chi connectivity index (χ0n) is 8.43. The van der Waals surface area contributed by atoms with E-state index in [1.807, 2.05) is 0 Å². The van der Waals surface area contributed by atoms with Crippen molar-refractivity contribution in [1.29, 1.82) is 0 Å². The van der Waals surface area contributed by atoms with Gasteiger partial charge in [-0.3, -0.25) is 4.79 Å². The molecule has 1 aliphatic rings. The minimum absolute atomic E-state index is 0.157. The molecule has 0 atom stereocenters. The van der Waals surface area contributed by atoms with Gasteiger partial charge in [-0.2, -0.15) is 0 Å². The zero-order valence-corrected chi connectivity index (χ0v) is 8.43. The number of aromatic carboxylic acids is 1. The first-order valence-corrected chi connectivity index (χ1v) is 4.90. The Morgan fingerprint density at radius 3 is 2.73 bits per heavy atom. The Labute approximate surface area is 86.4 Å². The lowest BCUT2D eigenvalue weighted by Crippen LogP contribution is -2.29. The molecule has 1 N–H and O–H groups in total. The van der Waals surface area contributed by atoms with Crippen molar-refractivity contribution in [3.8, 4) is 0 Å². The van der Waals surface area contributed by atoms with Gasteiger partial charge >= 0.3 is 5.97 Å². The molecule has 5 heteroatoms. The first kappa shape index (κ1) is 9.89. The summed E-state index contributed by atoms with van der Waals surface area (Å²) in [4.78, 5) is 26.7. The van der Waals surface area contributed by atoms with Gasteiger partial charge < -0.3 is 9.67 Å². The smallest absolute Gasteiger partial charge is 0.343 e. The van der Waals surface area contributed by atoms with Crippen LogP contribution in [0.3, 0.4) is 0 Å². The van der Waals surface area contributed by atoms with E-state index < -0.39 is 11.5 Å². The first-order valence-electron chi connectivity index (χ1n) is 4.90. The van der Waals surface area contributed by atoms with E-state index in [0.29, 0.717) is 5.69 Å². The average molecular weight is 208 g/mol. The molecule has 1 saturated carbocycles. The summed E-state index contributed by atoms with van der Waals surface area (Å²) in [6.45, 7) is 0. The van der Waals surface area contributed by atoms with E-state index in [9.17, 15) is 9.59 Å². The van der Waals surface area contributed by atoms with E-state index in [4.69, 9.17) is 5.11 Å². The Morgan fingerprint density at radius 1 is 1.60 bits per heavy atom. The maximum Gasteiger partial charge on any atom is 0.343 e. The number of rotatable bonds is 2. The topological polar surface area (TPSA) is 72.2 Å². The summed E-state index contributed by atoms with van der Waals surface area (Å²) in [5.41, 5.74) is -0.180. The van der Waals surface area contributed by atoms with Crippen LogP contribution in [0.25, 0.3) is 0 Å². The second-order valence-electron chi connectivity index (χ2n) is 3.85. The molecule has 1 aromatic heterocycles. The van der Waals surface area contributed by atoms with E-state index in [1.165, 1.54) is 17.9 Å². The monoisotopic (exact) mass is 208 g/mol. The molecule has 0 saturated heterocycles. The molecule has 0 aliphatic heterocycles. The average Bonchev–Trinajstić information content (AvgIpc) is 2.08. The zero-order chi connectivity index (χ0) is 11.0. The Kier molecular flexibility index (Phi) is 2.30. The van der Waals surface area contributed by atoms with Gasteiger partial charge in [-0.15, -0.1) is 0 Å². The number of hydrogen-bond acceptors (Lipinski definition) is 3. The van der Waals surface area contributed by atoms with Crippen LogP contribution in [-0.2, 0) is 7.05 Å². The fourth-order valence-electron chi connectivity index (χ4n) is 1.74. The van der Waals surface area contributed by atoms with Crippen LogP contribution in [-0.4, -0.2) is 20.6 Å². The van der Waals surface area contributed by atoms with Crippen molar-refractivity contribution in [3.63, 3.8) is 0 Å². The highest BCUT2D eigenvalue weighted by Gasteiger charge is 2.28. The van der Waals surface area contributed by atoms with Crippen LogP contribution in [0, 0.1) is 0 Å². The lowest BCUT2D eigenvalue weighted by Gasteiger charge is -2.25. The molecular formula is C10H12N2O3. The van der Waals surface area contributed by atoms with Crippen LogP contribution in [0.4, 0.5) is 0 Å². The summed E-state index contributed by atoms with van der Waals surface area (Å²) in [5, 5.41) is 8.99. The van der Waals surface area contributed by atoms with E-state index in [-0.39, 0.29) is 11.5 Å². The summed E-state index contributed by atoms with van der Waals surface area (Å²) in [5.74, 6) is -1.02. The number of hydrogen-bond donors (Lipinski definition) is 1. The predicted molar refractivity (Wildman–Crippen MR) is 53.0 cm³/mol. The van der Waals surface area contributed by atoms with Crippen molar-refractivity contribution in [2.24, 2.45) is 7.05 Å². The standard InChI is InChI=1S/C10H12N2O3/c1-12-5-11-8(6-3-2-4-6)7(9(12)13)10(14)15/h5-6H,2-4H2,1H3,(H,14,15). The van der Waals surface area contributed by atoms with Crippen molar-refractivity contribution >= 4 is 5.97 Å². The quantitative estimate of drug-likeness (QED) is 0.778. The molecule has 0 bridgehead atoms. The number of carboxylic acid groups (broad SMARTS) is 1. The molecule has 15 heavy (non-hydrogen) atoms. The molecule has 0 radical (unpaired) electrons. The van der Waals surface area contributed by atoms with Gasteiger partial charge in [-0.25, -0.2) is 9.78 Å². The second kappa shape index (κ2) is 3.49. The molecule has 1 heterocycles. The van der Waals surface area contributed by atoms with Crippen molar-refractivity contribution in [2.45, 2.75) is 25.2 Å². The Bertz CT molecular complexity index is 460. The predicted octanol–water partition coefficient (Wildman–Crippen LogP) is 0.746. The van der Waals surface area contributed by atoms with Gasteiger partial charge in [0.25, 0.3) is 5.56 Å². The normalized spacial score (nSPS) is 16.1. The van der Waals surface area contributed by atoms with E-state index >= 15 is 0 Å². The summed E-state index contributed by atoms with van der Waals surface area (Å²) in [7, 11) is 1.51. The Balaban J connectivity index is 2.58. The van der Waals surface area contributed by atoms with Gasteiger partial charge in [0, 0.05) is 13.0 Å². The Morgan fingerprint density at radius 2 is 2.27 bits per heavy atom. The summed E-state index contributed by atoms with van der Waals surface area (Å²) in [6.07, 6.45) is 4.34. The van der Waals surface area contributed by atoms with Crippen molar-refractivity contribution in [2.75, 3.05) is 0 Å². The van der Waals surface area contributed by atoms with Gasteiger partial charge in [0.1, 0.15) is 5.56 Å². The number of nitrogens with zero attached hydrogens (tertiary/aromatic N) is 2. The molecule has 80 valence electrons. The van der Waals surface area contributed by atoms with Crippen molar-refractivity contribution in [3.05, 3.63) is 27.9 Å². The van der Waals surface area contributed by atoms with Crippen LogP contribution in [0.2, 0.25) is 0 Å². The van der Waals surface area contributed by atoms with Crippen LogP contribution in [0.15, 0.2) is 11.1 Å². The number of aryl methyl sites for hydroxylation is 1. The molecule has 1 fully saturated rings. The summed E-state index contributed by atoms with van der Waals surface area (Å²) < 4.78 is 1.20. The fraction of sp³-hybridized carbons (Fsp3) is 0.500. The van der Waals surface area contributed by atoms with Crippen molar-refractivity contribution < 1.29 is 9.90 Å². The molecule has 0 aromatic carbocycles. The third kappa shape index (κ3) is 1.54. The molecule has 0 unspecified atom stereocenters. The van der Waals surface area contributed by atoms with Crippen LogP contribution in [0.5, 0.6) is 0 Å². The SMILES string of the molecule is Cn1cnc(C2CCC2)c(C(=O)O)c1=O. The highest BCUT2D eigenvalue weighted by Crippen LogP contribution is 2.35. The summed E-state index contributed by atoms with van der Waals surface area (Å²) >= 11 is 0. The highest BCUT2D eigenvalue weighted by atomic mass is 16.4. The highest BCUT2D eigenvalue weighted by molar-refractivity contribution is 5.88. The molecule has 0 amide bonds. The molecule has 1 aliphatic carbocycles. The van der Waals surface area contributed by atoms with Gasteiger partial charge in [0.2, 0.25) is 0 Å². The maximum absolute atomic E-state index is 11.6. The number of carboxylic acids is 1. The van der Waals surface area contributed by atoms with Gasteiger partial charge in [0.05, 0.1) is 12.0 Å². The number of aromatic nitrogens is 2. The molecule has 0 spiro atoms. The van der Waals surface area contributed by atoms with Gasteiger partial charge in [-0.1, -0.05) is 6.42 Å². The molecule has 5 nitrogen and oxygen atoms in total. The minimum atomic E-state index is -1.18.